The van der Waals surface area contributed by atoms with Crippen molar-refractivity contribution in [2.75, 3.05) is 13.2 Å². The van der Waals surface area contributed by atoms with Crippen LogP contribution in [0.15, 0.2) is 12.2 Å². The van der Waals surface area contributed by atoms with Crippen LogP contribution in [0.3, 0.4) is 0 Å². The fraction of sp³-hybridized carbons (Fsp3) is 0.889. The highest BCUT2D eigenvalue weighted by Crippen LogP contribution is 2.40. The Kier molecular flexibility index (Phi) is 10.2. The van der Waals surface area contributed by atoms with Crippen LogP contribution < -0.4 is 0 Å². The van der Waals surface area contributed by atoms with Crippen LogP contribution in [0.4, 0.5) is 0 Å². The number of hydrogen-bond acceptors (Lipinski definition) is 6. The van der Waals surface area contributed by atoms with E-state index in [1.165, 1.54) is 32.1 Å². The van der Waals surface area contributed by atoms with Gasteiger partial charge in [0, 0.05) is 31.5 Å². The van der Waals surface area contributed by atoms with Gasteiger partial charge in [0.1, 0.15) is 0 Å². The first kappa shape index (κ1) is 26.1. The molecule has 2 saturated heterocycles. The van der Waals surface area contributed by atoms with Crippen LogP contribution in [-0.2, 0) is 23.7 Å². The molecule has 4 fully saturated rings. The first-order valence-corrected chi connectivity index (χ1v) is 13.7. The molecule has 0 radical (unpaired) electrons. The molecular weight excluding hydrogens is 436 g/mol. The van der Waals surface area contributed by atoms with Crippen LogP contribution in [0.25, 0.3) is 0 Å². The molecule has 4 rings (SSSR count). The number of hydrogen-bond donors (Lipinski definition) is 2. The summed E-state index contributed by atoms with van der Waals surface area (Å²) in [5, 5.41) is 20.2. The molecular formula is C27H44O7. The largest absolute Gasteiger partial charge is 0.481 e. The minimum absolute atomic E-state index is 0.0680. The van der Waals surface area contributed by atoms with Crippen molar-refractivity contribution in [1.82, 2.24) is 0 Å². The normalized spacial score (nSPS) is 36.6. The van der Waals surface area contributed by atoms with Crippen molar-refractivity contribution < 1.29 is 34.0 Å². The highest BCUT2D eigenvalue weighted by Gasteiger charge is 2.44. The van der Waals surface area contributed by atoms with Crippen molar-refractivity contribution in [3.8, 4) is 0 Å². The molecule has 0 spiro atoms. The summed E-state index contributed by atoms with van der Waals surface area (Å²) >= 11 is 0. The lowest BCUT2D eigenvalue weighted by atomic mass is 9.84. The SMILES string of the molecule is O=C(O)CC1C(O)CC(OC2CCCCO2)C1C=CC(CC1CCCCC1)OC1CCCCO1. The first-order valence-electron chi connectivity index (χ1n) is 13.7. The molecule has 7 unspecified atom stereocenters. The molecule has 2 aliphatic carbocycles. The Morgan fingerprint density at radius 3 is 2.26 bits per heavy atom. The Hall–Kier alpha value is -0.990. The van der Waals surface area contributed by atoms with Gasteiger partial charge in [-0.25, -0.2) is 0 Å². The fourth-order valence-electron chi connectivity index (χ4n) is 6.20. The summed E-state index contributed by atoms with van der Waals surface area (Å²) in [6.45, 7) is 1.44. The maximum atomic E-state index is 11.6. The van der Waals surface area contributed by atoms with Gasteiger partial charge in [-0.3, -0.25) is 4.79 Å². The number of carboxylic acids is 1. The minimum Gasteiger partial charge on any atom is -0.481 e. The third kappa shape index (κ3) is 7.76. The zero-order valence-electron chi connectivity index (χ0n) is 20.5. The smallest absolute Gasteiger partial charge is 0.303 e. The molecule has 2 aliphatic heterocycles. The second-order valence-corrected chi connectivity index (χ2v) is 10.7. The van der Waals surface area contributed by atoms with Gasteiger partial charge < -0.3 is 29.2 Å². The number of carboxylic acid groups (broad SMARTS) is 1. The van der Waals surface area contributed by atoms with Gasteiger partial charge >= 0.3 is 5.97 Å². The summed E-state index contributed by atoms with van der Waals surface area (Å²) in [6.07, 6.45) is 16.5. The fourth-order valence-corrected chi connectivity index (χ4v) is 6.20. The second-order valence-electron chi connectivity index (χ2n) is 10.7. The lowest BCUT2D eigenvalue weighted by Crippen LogP contribution is -2.32. The van der Waals surface area contributed by atoms with Crippen molar-refractivity contribution in [3.05, 3.63) is 12.2 Å². The average molecular weight is 481 g/mol. The van der Waals surface area contributed by atoms with Gasteiger partial charge in [0.25, 0.3) is 0 Å². The maximum absolute atomic E-state index is 11.6. The number of aliphatic hydroxyl groups is 1. The van der Waals surface area contributed by atoms with Crippen molar-refractivity contribution in [3.63, 3.8) is 0 Å². The Morgan fingerprint density at radius 2 is 1.62 bits per heavy atom. The maximum Gasteiger partial charge on any atom is 0.303 e. The predicted octanol–water partition coefficient (Wildman–Crippen LogP) is 4.81. The van der Waals surface area contributed by atoms with E-state index in [-0.39, 0.29) is 43.0 Å². The molecule has 0 aromatic carbocycles. The molecule has 2 saturated carbocycles. The Bertz CT molecular complexity index is 615. The highest BCUT2D eigenvalue weighted by atomic mass is 16.7. The predicted molar refractivity (Wildman–Crippen MR) is 127 cm³/mol. The number of carbonyl (C=O) groups is 1. The van der Waals surface area contributed by atoms with E-state index < -0.39 is 12.1 Å². The Morgan fingerprint density at radius 1 is 0.941 bits per heavy atom. The van der Waals surface area contributed by atoms with Gasteiger partial charge in [-0.05, 0) is 50.9 Å². The van der Waals surface area contributed by atoms with Gasteiger partial charge in [-0.15, -0.1) is 0 Å². The monoisotopic (exact) mass is 480 g/mol. The van der Waals surface area contributed by atoms with Gasteiger partial charge in [-0.2, -0.15) is 0 Å². The molecule has 2 heterocycles. The molecule has 0 amide bonds. The molecule has 34 heavy (non-hydrogen) atoms. The molecule has 0 bridgehead atoms. The molecule has 194 valence electrons. The number of aliphatic carboxylic acids is 1. The summed E-state index contributed by atoms with van der Waals surface area (Å²) < 4.78 is 24.4. The standard InChI is InChI=1S/C27H44O7/c28-23-18-24(34-27-11-5-7-15-32-27)21(22(23)17-25(29)30)13-12-20(16-19-8-2-1-3-9-19)33-26-10-4-6-14-31-26/h12-13,19-24,26-28H,1-11,14-18H2,(H,29,30). The molecule has 2 N–H and O–H groups in total. The van der Waals surface area contributed by atoms with Gasteiger partial charge in [-0.1, -0.05) is 44.3 Å². The van der Waals surface area contributed by atoms with Gasteiger partial charge in [0.15, 0.2) is 12.6 Å². The lowest BCUT2D eigenvalue weighted by Gasteiger charge is -2.31. The van der Waals surface area contributed by atoms with E-state index in [4.69, 9.17) is 18.9 Å². The van der Waals surface area contributed by atoms with Crippen LogP contribution in [0, 0.1) is 17.8 Å². The summed E-state index contributed by atoms with van der Waals surface area (Å²) in [6, 6.07) is 0. The van der Waals surface area contributed by atoms with E-state index in [2.05, 4.69) is 12.2 Å². The first-order chi connectivity index (χ1) is 16.6. The highest BCUT2D eigenvalue weighted by molar-refractivity contribution is 5.67. The van der Waals surface area contributed by atoms with E-state index in [1.54, 1.807) is 0 Å². The van der Waals surface area contributed by atoms with Gasteiger partial charge in [0.2, 0.25) is 0 Å². The number of ether oxygens (including phenoxy) is 4. The van der Waals surface area contributed by atoms with E-state index >= 15 is 0 Å². The van der Waals surface area contributed by atoms with Crippen molar-refractivity contribution >= 4 is 5.97 Å². The number of aliphatic hydroxyl groups excluding tert-OH is 1. The molecule has 4 aliphatic rings. The lowest BCUT2D eigenvalue weighted by molar-refractivity contribution is -0.193. The summed E-state index contributed by atoms with van der Waals surface area (Å²) in [5.74, 6) is -0.786. The zero-order valence-corrected chi connectivity index (χ0v) is 20.5. The van der Waals surface area contributed by atoms with E-state index in [9.17, 15) is 15.0 Å². The second kappa shape index (κ2) is 13.4. The van der Waals surface area contributed by atoms with Crippen LogP contribution in [0.5, 0.6) is 0 Å². The minimum atomic E-state index is -0.886. The van der Waals surface area contributed by atoms with Crippen LogP contribution >= 0.6 is 0 Å². The Labute approximate surface area is 204 Å². The molecule has 7 heteroatoms. The molecule has 0 aromatic heterocycles. The average Bonchev–Trinajstić information content (AvgIpc) is 3.12. The van der Waals surface area contributed by atoms with Crippen LogP contribution in [0.1, 0.15) is 89.9 Å². The summed E-state index contributed by atoms with van der Waals surface area (Å²) in [5.41, 5.74) is 0. The molecule has 0 aromatic rings. The zero-order chi connectivity index (χ0) is 23.8. The third-order valence-electron chi connectivity index (χ3n) is 8.07. The van der Waals surface area contributed by atoms with Crippen molar-refractivity contribution in [1.29, 1.82) is 0 Å². The Balaban J connectivity index is 1.46. The van der Waals surface area contributed by atoms with Gasteiger partial charge in [0.05, 0.1) is 24.7 Å². The molecule has 7 nitrogen and oxygen atoms in total. The molecule has 7 atom stereocenters. The van der Waals surface area contributed by atoms with Crippen molar-refractivity contribution in [2.24, 2.45) is 17.8 Å². The number of rotatable bonds is 10. The topological polar surface area (TPSA) is 94.5 Å². The van der Waals surface area contributed by atoms with Crippen LogP contribution in [-0.4, -0.2) is 60.3 Å². The van der Waals surface area contributed by atoms with Crippen molar-refractivity contribution in [2.45, 2.75) is 121 Å². The van der Waals surface area contributed by atoms with E-state index in [0.717, 1.165) is 51.6 Å². The summed E-state index contributed by atoms with van der Waals surface area (Å²) in [4.78, 5) is 11.6. The quantitative estimate of drug-likeness (QED) is 0.433. The summed E-state index contributed by atoms with van der Waals surface area (Å²) in [7, 11) is 0. The van der Waals surface area contributed by atoms with E-state index in [1.807, 2.05) is 0 Å². The van der Waals surface area contributed by atoms with Crippen LogP contribution in [0.2, 0.25) is 0 Å². The third-order valence-corrected chi connectivity index (χ3v) is 8.07. The van der Waals surface area contributed by atoms with E-state index in [0.29, 0.717) is 18.9 Å².